The van der Waals surface area contributed by atoms with Gasteiger partial charge < -0.3 is 14.5 Å². The molecule has 1 amide bonds. The van der Waals surface area contributed by atoms with Crippen molar-refractivity contribution in [3.8, 4) is 5.75 Å². The zero-order valence-corrected chi connectivity index (χ0v) is 17.2. The lowest BCUT2D eigenvalue weighted by Crippen LogP contribution is -2.46. The normalized spacial score (nSPS) is 20.6. The first kappa shape index (κ1) is 19.4. The van der Waals surface area contributed by atoms with Crippen LogP contribution in [0.2, 0.25) is 0 Å². The SMILES string of the molecule is Cc1ccc2nc(COc3ccc(C(=O)NC4(C)CCS(=O)(=O)C4)cc3)cn2c1. The molecular weight excluding hydrogens is 390 g/mol. The second-order valence-electron chi connectivity index (χ2n) is 7.87. The van der Waals surface area contributed by atoms with E-state index in [1.165, 1.54) is 0 Å². The van der Waals surface area contributed by atoms with E-state index in [9.17, 15) is 13.2 Å². The van der Waals surface area contributed by atoms with Crippen molar-refractivity contribution in [1.82, 2.24) is 14.7 Å². The lowest BCUT2D eigenvalue weighted by atomic mass is 10.0. The highest BCUT2D eigenvalue weighted by molar-refractivity contribution is 7.91. The molecule has 0 aliphatic carbocycles. The summed E-state index contributed by atoms with van der Waals surface area (Å²) in [7, 11) is -3.08. The van der Waals surface area contributed by atoms with Gasteiger partial charge in [-0.1, -0.05) is 6.07 Å². The molecule has 1 N–H and O–H groups in total. The molecule has 0 saturated carbocycles. The number of ether oxygens (including phenoxy) is 1. The number of benzene rings is 1. The van der Waals surface area contributed by atoms with Crippen LogP contribution in [0.5, 0.6) is 5.75 Å². The van der Waals surface area contributed by atoms with E-state index in [0.29, 0.717) is 24.3 Å². The summed E-state index contributed by atoms with van der Waals surface area (Å²) in [6, 6.07) is 10.8. The molecule has 152 valence electrons. The van der Waals surface area contributed by atoms with E-state index in [0.717, 1.165) is 16.9 Å². The van der Waals surface area contributed by atoms with Crippen molar-refractivity contribution in [2.24, 2.45) is 0 Å². The lowest BCUT2D eigenvalue weighted by Gasteiger charge is -2.23. The second-order valence-corrected chi connectivity index (χ2v) is 10.1. The van der Waals surface area contributed by atoms with E-state index in [4.69, 9.17) is 4.74 Å². The summed E-state index contributed by atoms with van der Waals surface area (Å²) in [5.41, 5.74) is 2.58. The standard InChI is InChI=1S/C21H23N3O4S/c1-15-3-8-19-22-17(12-24(19)11-15)13-28-18-6-4-16(5-7-18)20(25)23-21(2)9-10-29(26,27)14-21/h3-8,11-12H,9-10,13-14H2,1-2H3,(H,23,25). The van der Waals surface area contributed by atoms with Crippen molar-refractivity contribution < 1.29 is 17.9 Å². The van der Waals surface area contributed by atoms with Gasteiger partial charge in [-0.05, 0) is 56.2 Å². The number of amides is 1. The highest BCUT2D eigenvalue weighted by Gasteiger charge is 2.39. The van der Waals surface area contributed by atoms with E-state index in [2.05, 4.69) is 10.3 Å². The fourth-order valence-corrected chi connectivity index (χ4v) is 5.63. The molecule has 1 saturated heterocycles. The van der Waals surface area contributed by atoms with E-state index < -0.39 is 15.4 Å². The summed E-state index contributed by atoms with van der Waals surface area (Å²) >= 11 is 0. The van der Waals surface area contributed by atoms with Gasteiger partial charge in [0, 0.05) is 18.0 Å². The first-order valence-corrected chi connectivity index (χ1v) is 11.2. The van der Waals surface area contributed by atoms with Crippen LogP contribution < -0.4 is 10.1 Å². The molecule has 1 aromatic carbocycles. The fraction of sp³-hybridized carbons (Fsp3) is 0.333. The van der Waals surface area contributed by atoms with Crippen LogP contribution in [0, 0.1) is 6.92 Å². The van der Waals surface area contributed by atoms with Gasteiger partial charge in [-0.15, -0.1) is 0 Å². The summed E-state index contributed by atoms with van der Waals surface area (Å²) in [6.07, 6.45) is 4.37. The number of hydrogen-bond acceptors (Lipinski definition) is 5. The molecule has 1 aliphatic heterocycles. The monoisotopic (exact) mass is 413 g/mol. The Morgan fingerprint density at radius 1 is 1.21 bits per heavy atom. The highest BCUT2D eigenvalue weighted by Crippen LogP contribution is 2.23. The van der Waals surface area contributed by atoms with Crippen molar-refractivity contribution in [1.29, 1.82) is 0 Å². The maximum Gasteiger partial charge on any atom is 0.251 e. The number of nitrogens with zero attached hydrogens (tertiary/aromatic N) is 2. The lowest BCUT2D eigenvalue weighted by molar-refractivity contribution is 0.0915. The van der Waals surface area contributed by atoms with E-state index in [1.54, 1.807) is 31.2 Å². The Bertz CT molecular complexity index is 1170. The number of pyridine rings is 1. The third-order valence-electron chi connectivity index (χ3n) is 5.07. The maximum atomic E-state index is 12.5. The molecule has 7 nitrogen and oxygen atoms in total. The molecule has 3 aromatic rings. The molecule has 29 heavy (non-hydrogen) atoms. The van der Waals surface area contributed by atoms with Crippen LogP contribution >= 0.6 is 0 Å². The summed E-state index contributed by atoms with van der Waals surface area (Å²) in [6.45, 7) is 4.12. The molecule has 0 bridgehead atoms. The van der Waals surface area contributed by atoms with Gasteiger partial charge in [-0.25, -0.2) is 13.4 Å². The second kappa shape index (κ2) is 7.18. The van der Waals surface area contributed by atoms with Gasteiger partial charge in [0.2, 0.25) is 0 Å². The summed E-state index contributed by atoms with van der Waals surface area (Å²) < 4.78 is 31.1. The van der Waals surface area contributed by atoms with Gasteiger partial charge in [-0.3, -0.25) is 4.79 Å². The van der Waals surface area contributed by atoms with E-state index in [-0.39, 0.29) is 17.4 Å². The van der Waals surface area contributed by atoms with Gasteiger partial charge in [0.05, 0.1) is 22.7 Å². The summed E-state index contributed by atoms with van der Waals surface area (Å²) in [4.78, 5) is 17.0. The van der Waals surface area contributed by atoms with Crippen LogP contribution in [0.15, 0.2) is 48.8 Å². The summed E-state index contributed by atoms with van der Waals surface area (Å²) in [5.74, 6) is 0.432. The average molecular weight is 413 g/mol. The van der Waals surface area contributed by atoms with Crippen molar-refractivity contribution >= 4 is 21.4 Å². The largest absolute Gasteiger partial charge is 0.487 e. The van der Waals surface area contributed by atoms with Crippen LogP contribution in [-0.2, 0) is 16.4 Å². The van der Waals surface area contributed by atoms with E-state index >= 15 is 0 Å². The van der Waals surface area contributed by atoms with Crippen molar-refractivity contribution in [2.45, 2.75) is 32.4 Å². The van der Waals surface area contributed by atoms with Crippen LogP contribution in [0.4, 0.5) is 0 Å². The third kappa shape index (κ3) is 4.42. The van der Waals surface area contributed by atoms with Gasteiger partial charge >= 0.3 is 0 Å². The molecule has 2 aromatic heterocycles. The molecule has 3 heterocycles. The Labute approximate surface area is 169 Å². The van der Waals surface area contributed by atoms with Crippen molar-refractivity contribution in [3.05, 3.63) is 65.6 Å². The van der Waals surface area contributed by atoms with Crippen LogP contribution in [0.3, 0.4) is 0 Å². The Kier molecular flexibility index (Phi) is 4.82. The Morgan fingerprint density at radius 2 is 1.97 bits per heavy atom. The van der Waals surface area contributed by atoms with Gasteiger partial charge in [-0.2, -0.15) is 0 Å². The quantitative estimate of drug-likeness (QED) is 0.694. The number of aromatic nitrogens is 2. The van der Waals surface area contributed by atoms with Crippen LogP contribution in [0.1, 0.15) is 35.0 Å². The third-order valence-corrected chi connectivity index (χ3v) is 6.97. The Morgan fingerprint density at radius 3 is 2.66 bits per heavy atom. The number of carbonyl (C=O) groups is 1. The number of nitrogens with one attached hydrogen (secondary N) is 1. The molecule has 0 radical (unpaired) electrons. The number of aryl methyl sites for hydroxylation is 1. The first-order chi connectivity index (χ1) is 13.7. The van der Waals surface area contributed by atoms with Gasteiger partial charge in [0.15, 0.2) is 9.84 Å². The summed E-state index contributed by atoms with van der Waals surface area (Å²) in [5, 5.41) is 2.85. The Balaban J connectivity index is 1.37. The predicted molar refractivity (Wildman–Crippen MR) is 110 cm³/mol. The first-order valence-electron chi connectivity index (χ1n) is 9.41. The number of rotatable bonds is 5. The number of hydrogen-bond donors (Lipinski definition) is 1. The molecule has 1 fully saturated rings. The molecule has 4 rings (SSSR count). The maximum absolute atomic E-state index is 12.5. The number of carbonyl (C=O) groups excluding carboxylic acids is 1. The average Bonchev–Trinajstić information content (AvgIpc) is 3.19. The minimum absolute atomic E-state index is 0.0223. The molecule has 8 heteroatoms. The van der Waals surface area contributed by atoms with Gasteiger partial charge in [0.1, 0.15) is 18.0 Å². The zero-order chi connectivity index (χ0) is 20.6. The Hall–Kier alpha value is -2.87. The smallest absolute Gasteiger partial charge is 0.251 e. The fourth-order valence-electron chi connectivity index (χ4n) is 3.54. The predicted octanol–water partition coefficient (Wildman–Crippen LogP) is 2.53. The van der Waals surface area contributed by atoms with Crippen LogP contribution in [0.25, 0.3) is 5.65 Å². The van der Waals surface area contributed by atoms with Crippen LogP contribution in [-0.4, -0.2) is 40.8 Å². The van der Waals surface area contributed by atoms with E-state index in [1.807, 2.05) is 35.9 Å². The van der Waals surface area contributed by atoms with Crippen molar-refractivity contribution in [3.63, 3.8) is 0 Å². The molecule has 1 unspecified atom stereocenters. The topological polar surface area (TPSA) is 89.8 Å². The molecule has 0 spiro atoms. The number of imidazole rings is 1. The molecular formula is C21H23N3O4S. The molecule has 1 aliphatic rings. The number of fused-ring (bicyclic) bond motifs is 1. The van der Waals surface area contributed by atoms with Gasteiger partial charge in [0.25, 0.3) is 5.91 Å². The minimum Gasteiger partial charge on any atom is -0.487 e. The minimum atomic E-state index is -3.08. The van der Waals surface area contributed by atoms with Crippen molar-refractivity contribution in [2.75, 3.05) is 11.5 Å². The number of sulfone groups is 1. The highest BCUT2D eigenvalue weighted by atomic mass is 32.2. The molecule has 1 atom stereocenters. The zero-order valence-electron chi connectivity index (χ0n) is 16.4.